The number of rotatable bonds is 7. The van der Waals surface area contributed by atoms with E-state index in [4.69, 9.17) is 4.74 Å². The molecule has 2 heterocycles. The average molecular weight is 395 g/mol. The number of nitrogens with one attached hydrogen (secondary N) is 1. The first-order chi connectivity index (χ1) is 14.0. The standard InChI is InChI=1S/C21H22FN5O2/c1-14-9-23-20(25-17-5-3-4-15(8-17)19(28)29-2)26-18(14)16-10-24-27(11-16)13-21(12-22)6-7-21/h3-5,8-11H,6-7,12-13H2,1-2H3,(H,23,25,26). The van der Waals surface area contributed by atoms with Crippen LogP contribution >= 0.6 is 0 Å². The van der Waals surface area contributed by atoms with Gasteiger partial charge in [0.2, 0.25) is 5.95 Å². The second-order valence-corrected chi connectivity index (χ2v) is 7.48. The highest BCUT2D eigenvalue weighted by Crippen LogP contribution is 2.47. The van der Waals surface area contributed by atoms with Crippen LogP contribution < -0.4 is 5.32 Å². The van der Waals surface area contributed by atoms with E-state index in [1.165, 1.54) is 7.11 Å². The van der Waals surface area contributed by atoms with Crippen molar-refractivity contribution < 1.29 is 13.9 Å². The molecule has 1 aliphatic carbocycles. The number of nitrogens with zero attached hydrogens (tertiary/aromatic N) is 4. The largest absolute Gasteiger partial charge is 0.465 e. The van der Waals surface area contributed by atoms with Crippen molar-refractivity contribution in [2.45, 2.75) is 26.3 Å². The van der Waals surface area contributed by atoms with E-state index in [1.54, 1.807) is 35.3 Å². The lowest BCUT2D eigenvalue weighted by molar-refractivity contribution is 0.0601. The molecule has 0 radical (unpaired) electrons. The van der Waals surface area contributed by atoms with Gasteiger partial charge in [-0.25, -0.2) is 14.8 Å². The molecule has 4 rings (SSSR count). The monoisotopic (exact) mass is 395 g/mol. The molecule has 2 aromatic heterocycles. The van der Waals surface area contributed by atoms with Crippen LogP contribution in [0.15, 0.2) is 42.9 Å². The number of aromatic nitrogens is 4. The summed E-state index contributed by atoms with van der Waals surface area (Å²) in [5, 5.41) is 7.50. The van der Waals surface area contributed by atoms with E-state index >= 15 is 0 Å². The smallest absolute Gasteiger partial charge is 0.337 e. The van der Waals surface area contributed by atoms with Crippen molar-refractivity contribution in [1.82, 2.24) is 19.7 Å². The third-order valence-corrected chi connectivity index (χ3v) is 5.16. The molecule has 1 aromatic carbocycles. The maximum atomic E-state index is 13.2. The number of aryl methyl sites for hydroxylation is 1. The second-order valence-electron chi connectivity index (χ2n) is 7.48. The van der Waals surface area contributed by atoms with Crippen LogP contribution in [0.5, 0.6) is 0 Å². The predicted octanol–water partition coefficient (Wildman–Crippen LogP) is 3.93. The van der Waals surface area contributed by atoms with Crippen molar-refractivity contribution in [2.75, 3.05) is 19.1 Å². The Morgan fingerprint density at radius 2 is 2.17 bits per heavy atom. The molecule has 0 saturated heterocycles. The van der Waals surface area contributed by atoms with Gasteiger partial charge in [-0.2, -0.15) is 5.10 Å². The van der Waals surface area contributed by atoms with Crippen molar-refractivity contribution >= 4 is 17.6 Å². The molecule has 0 bridgehead atoms. The van der Waals surface area contributed by atoms with Gasteiger partial charge in [0.15, 0.2) is 0 Å². The van der Waals surface area contributed by atoms with Crippen molar-refractivity contribution in [2.24, 2.45) is 5.41 Å². The summed E-state index contributed by atoms with van der Waals surface area (Å²) in [7, 11) is 1.34. The first-order valence-electron chi connectivity index (χ1n) is 9.40. The Kier molecular flexibility index (Phi) is 5.00. The van der Waals surface area contributed by atoms with Crippen LogP contribution in [0.4, 0.5) is 16.0 Å². The van der Waals surface area contributed by atoms with E-state index in [1.807, 2.05) is 19.2 Å². The summed E-state index contributed by atoms with van der Waals surface area (Å²) in [6.07, 6.45) is 7.18. The highest BCUT2D eigenvalue weighted by molar-refractivity contribution is 5.90. The quantitative estimate of drug-likeness (QED) is 0.611. The predicted molar refractivity (Wildman–Crippen MR) is 107 cm³/mol. The Labute approximate surface area is 167 Å². The Hall–Kier alpha value is -3.29. The molecule has 1 fully saturated rings. The first-order valence-corrected chi connectivity index (χ1v) is 9.40. The summed E-state index contributed by atoms with van der Waals surface area (Å²) in [5.74, 6) is -0.00363. The fraction of sp³-hybridized carbons (Fsp3) is 0.333. The molecular weight excluding hydrogens is 373 g/mol. The summed E-state index contributed by atoms with van der Waals surface area (Å²) in [6.45, 7) is 2.20. The minimum atomic E-state index is -0.409. The highest BCUT2D eigenvalue weighted by atomic mass is 19.1. The molecule has 0 unspecified atom stereocenters. The Morgan fingerprint density at radius 3 is 2.90 bits per heavy atom. The van der Waals surface area contributed by atoms with E-state index in [0.29, 0.717) is 23.7 Å². The van der Waals surface area contributed by atoms with Gasteiger partial charge < -0.3 is 10.1 Å². The van der Waals surface area contributed by atoms with Gasteiger partial charge in [0.05, 0.1) is 31.2 Å². The van der Waals surface area contributed by atoms with Crippen LogP contribution in [-0.4, -0.2) is 39.5 Å². The van der Waals surface area contributed by atoms with E-state index < -0.39 is 5.97 Å². The van der Waals surface area contributed by atoms with Gasteiger partial charge in [-0.15, -0.1) is 0 Å². The molecule has 3 aromatic rings. The van der Waals surface area contributed by atoms with Crippen LogP contribution in [0.3, 0.4) is 0 Å². The number of hydrogen-bond donors (Lipinski definition) is 1. The third kappa shape index (κ3) is 4.11. The third-order valence-electron chi connectivity index (χ3n) is 5.16. The van der Waals surface area contributed by atoms with E-state index in [2.05, 4.69) is 20.4 Å². The molecule has 1 aliphatic rings. The van der Waals surface area contributed by atoms with Crippen LogP contribution in [0.25, 0.3) is 11.3 Å². The van der Waals surface area contributed by atoms with Gasteiger partial charge in [0.1, 0.15) is 0 Å². The number of carbonyl (C=O) groups is 1. The number of benzene rings is 1. The summed E-state index contributed by atoms with van der Waals surface area (Å²) in [6, 6.07) is 6.93. The topological polar surface area (TPSA) is 81.9 Å². The number of anilines is 2. The van der Waals surface area contributed by atoms with Crippen molar-refractivity contribution in [1.29, 1.82) is 0 Å². The van der Waals surface area contributed by atoms with Crippen molar-refractivity contribution in [3.8, 4) is 11.3 Å². The SMILES string of the molecule is COC(=O)c1cccc(Nc2ncc(C)c(-c3cnn(CC4(CF)CC4)c3)n2)c1. The van der Waals surface area contributed by atoms with Crippen molar-refractivity contribution in [3.63, 3.8) is 0 Å². The lowest BCUT2D eigenvalue weighted by Gasteiger charge is -2.10. The highest BCUT2D eigenvalue weighted by Gasteiger charge is 2.43. The van der Waals surface area contributed by atoms with E-state index in [0.717, 1.165) is 29.7 Å². The molecule has 1 N–H and O–H groups in total. The van der Waals surface area contributed by atoms with Crippen LogP contribution in [0.2, 0.25) is 0 Å². The lowest BCUT2D eigenvalue weighted by Crippen LogP contribution is -2.13. The first kappa shape index (κ1) is 19.0. The van der Waals surface area contributed by atoms with Crippen LogP contribution in [-0.2, 0) is 11.3 Å². The van der Waals surface area contributed by atoms with Gasteiger partial charge in [0.25, 0.3) is 0 Å². The lowest BCUT2D eigenvalue weighted by atomic mass is 10.1. The summed E-state index contributed by atoms with van der Waals surface area (Å²) >= 11 is 0. The molecular formula is C21H22FN5O2. The maximum absolute atomic E-state index is 13.2. The Balaban J connectivity index is 1.55. The number of carbonyl (C=O) groups excluding carboxylic acids is 1. The molecule has 29 heavy (non-hydrogen) atoms. The maximum Gasteiger partial charge on any atom is 0.337 e. The molecule has 1 saturated carbocycles. The second kappa shape index (κ2) is 7.62. The molecule has 150 valence electrons. The fourth-order valence-corrected chi connectivity index (χ4v) is 3.19. The van der Waals surface area contributed by atoms with Gasteiger partial charge in [-0.05, 0) is 43.5 Å². The molecule has 0 aliphatic heterocycles. The normalized spacial score (nSPS) is 14.4. The molecule has 8 heteroatoms. The number of alkyl halides is 1. The molecule has 0 spiro atoms. The number of esters is 1. The van der Waals surface area contributed by atoms with Gasteiger partial charge >= 0.3 is 5.97 Å². The Morgan fingerprint density at radius 1 is 1.34 bits per heavy atom. The van der Waals surface area contributed by atoms with Gasteiger partial charge in [-0.3, -0.25) is 9.07 Å². The zero-order chi connectivity index (χ0) is 20.4. The summed E-state index contributed by atoms with van der Waals surface area (Å²) in [5.41, 5.74) is 3.39. The Bertz CT molecular complexity index is 1050. The number of methoxy groups -OCH3 is 1. The number of hydrogen-bond acceptors (Lipinski definition) is 6. The zero-order valence-electron chi connectivity index (χ0n) is 16.4. The van der Waals surface area contributed by atoms with Crippen LogP contribution in [0, 0.1) is 12.3 Å². The zero-order valence-corrected chi connectivity index (χ0v) is 16.4. The van der Waals surface area contributed by atoms with Gasteiger partial charge in [0, 0.05) is 35.6 Å². The summed E-state index contributed by atoms with van der Waals surface area (Å²) < 4.78 is 19.7. The van der Waals surface area contributed by atoms with E-state index in [-0.39, 0.29) is 12.1 Å². The number of ether oxygens (including phenoxy) is 1. The van der Waals surface area contributed by atoms with Gasteiger partial charge in [-0.1, -0.05) is 6.07 Å². The van der Waals surface area contributed by atoms with Crippen molar-refractivity contribution in [3.05, 3.63) is 54.0 Å². The minimum Gasteiger partial charge on any atom is -0.465 e. The minimum absolute atomic E-state index is 0.235. The van der Waals surface area contributed by atoms with E-state index in [9.17, 15) is 9.18 Å². The average Bonchev–Trinajstić information content (AvgIpc) is 3.37. The summed E-state index contributed by atoms with van der Waals surface area (Å²) in [4.78, 5) is 20.7. The number of halogens is 1. The molecule has 0 amide bonds. The fourth-order valence-electron chi connectivity index (χ4n) is 3.19. The molecule has 0 atom stereocenters. The molecule has 7 nitrogen and oxygen atoms in total. The van der Waals surface area contributed by atoms with Crippen LogP contribution in [0.1, 0.15) is 28.8 Å².